The summed E-state index contributed by atoms with van der Waals surface area (Å²) < 4.78 is 5.12. The lowest BCUT2D eigenvalue weighted by Gasteiger charge is -1.97. The van der Waals surface area contributed by atoms with Crippen LogP contribution in [0.1, 0.15) is 11.3 Å². The van der Waals surface area contributed by atoms with Gasteiger partial charge >= 0.3 is 0 Å². The van der Waals surface area contributed by atoms with Crippen LogP contribution in [0.25, 0.3) is 0 Å². The number of rotatable bonds is 4. The molecule has 0 amide bonds. The number of hydrogen-bond donors (Lipinski definition) is 2. The molecule has 0 aliphatic rings. The smallest absolute Gasteiger partial charge is 0.101 e. The minimum Gasteiger partial charge on any atom is -0.469 e. The van der Waals surface area contributed by atoms with Crippen LogP contribution in [0.2, 0.25) is 0 Å². The Hall–Kier alpha value is -0.800. The van der Waals surface area contributed by atoms with E-state index in [1.54, 1.807) is 6.26 Å². The standard InChI is InChI=1S/C8H14N2O/c1-7-4-8(6-11-7)5-10-3-2-9/h4,6,10H,2-3,5,9H2,1H3. The number of furan rings is 1. The van der Waals surface area contributed by atoms with Crippen molar-refractivity contribution in [1.29, 1.82) is 0 Å². The maximum absolute atomic E-state index is 5.31. The Morgan fingerprint density at radius 3 is 3.00 bits per heavy atom. The second-order valence-corrected chi connectivity index (χ2v) is 2.53. The molecule has 1 rings (SSSR count). The second kappa shape index (κ2) is 4.16. The molecule has 11 heavy (non-hydrogen) atoms. The van der Waals surface area contributed by atoms with Crippen LogP contribution < -0.4 is 11.1 Å². The summed E-state index contributed by atoms with van der Waals surface area (Å²) in [5.41, 5.74) is 6.49. The Bertz CT molecular complexity index is 208. The van der Waals surface area contributed by atoms with E-state index in [-0.39, 0.29) is 0 Å². The molecule has 0 unspecified atom stereocenters. The van der Waals surface area contributed by atoms with Gasteiger partial charge < -0.3 is 15.5 Å². The zero-order chi connectivity index (χ0) is 8.10. The average molecular weight is 154 g/mol. The molecular weight excluding hydrogens is 140 g/mol. The molecule has 0 fully saturated rings. The van der Waals surface area contributed by atoms with Gasteiger partial charge in [0.05, 0.1) is 6.26 Å². The molecule has 0 aromatic carbocycles. The van der Waals surface area contributed by atoms with Crippen LogP contribution in [0, 0.1) is 6.92 Å². The molecule has 3 heteroatoms. The van der Waals surface area contributed by atoms with Crippen LogP contribution in [0.3, 0.4) is 0 Å². The zero-order valence-corrected chi connectivity index (χ0v) is 6.76. The molecular formula is C8H14N2O. The van der Waals surface area contributed by atoms with Gasteiger partial charge in [-0.05, 0) is 13.0 Å². The quantitative estimate of drug-likeness (QED) is 0.626. The summed E-state index contributed by atoms with van der Waals surface area (Å²) in [5, 5.41) is 3.18. The van der Waals surface area contributed by atoms with Crippen LogP contribution in [-0.2, 0) is 6.54 Å². The molecule has 0 atom stereocenters. The van der Waals surface area contributed by atoms with Crippen LogP contribution in [0.4, 0.5) is 0 Å². The monoisotopic (exact) mass is 154 g/mol. The summed E-state index contributed by atoms with van der Waals surface area (Å²) in [7, 11) is 0. The van der Waals surface area contributed by atoms with Gasteiger partial charge in [-0.15, -0.1) is 0 Å². The van der Waals surface area contributed by atoms with Crippen molar-refractivity contribution in [2.45, 2.75) is 13.5 Å². The van der Waals surface area contributed by atoms with Crippen molar-refractivity contribution in [3.05, 3.63) is 23.7 Å². The van der Waals surface area contributed by atoms with Gasteiger partial charge in [0.2, 0.25) is 0 Å². The van der Waals surface area contributed by atoms with Gasteiger partial charge in [-0.25, -0.2) is 0 Å². The molecule has 1 aromatic heterocycles. The summed E-state index contributed by atoms with van der Waals surface area (Å²) in [6, 6.07) is 2.02. The third-order valence-corrected chi connectivity index (χ3v) is 1.44. The van der Waals surface area contributed by atoms with E-state index >= 15 is 0 Å². The fourth-order valence-corrected chi connectivity index (χ4v) is 0.925. The number of nitrogens with one attached hydrogen (secondary N) is 1. The largest absolute Gasteiger partial charge is 0.469 e. The van der Waals surface area contributed by atoms with E-state index in [1.807, 2.05) is 13.0 Å². The Morgan fingerprint density at radius 2 is 2.45 bits per heavy atom. The van der Waals surface area contributed by atoms with Crippen molar-refractivity contribution in [2.75, 3.05) is 13.1 Å². The predicted molar refractivity (Wildman–Crippen MR) is 44.2 cm³/mol. The van der Waals surface area contributed by atoms with Gasteiger partial charge in [-0.1, -0.05) is 0 Å². The van der Waals surface area contributed by atoms with Crippen molar-refractivity contribution < 1.29 is 4.42 Å². The zero-order valence-electron chi connectivity index (χ0n) is 6.76. The summed E-state index contributed by atoms with van der Waals surface area (Å²) in [6.45, 7) is 4.31. The van der Waals surface area contributed by atoms with Gasteiger partial charge in [-0.3, -0.25) is 0 Å². The van der Waals surface area contributed by atoms with E-state index in [9.17, 15) is 0 Å². The van der Waals surface area contributed by atoms with Crippen LogP contribution in [0.5, 0.6) is 0 Å². The molecule has 1 heterocycles. The molecule has 1 aromatic rings. The highest BCUT2D eigenvalue weighted by Crippen LogP contribution is 2.04. The van der Waals surface area contributed by atoms with E-state index < -0.39 is 0 Å². The number of aryl methyl sites for hydroxylation is 1. The van der Waals surface area contributed by atoms with Crippen LogP contribution in [-0.4, -0.2) is 13.1 Å². The van der Waals surface area contributed by atoms with Crippen molar-refractivity contribution in [3.63, 3.8) is 0 Å². The summed E-state index contributed by atoms with van der Waals surface area (Å²) >= 11 is 0. The highest BCUT2D eigenvalue weighted by atomic mass is 16.3. The third-order valence-electron chi connectivity index (χ3n) is 1.44. The van der Waals surface area contributed by atoms with Crippen molar-refractivity contribution in [1.82, 2.24) is 5.32 Å². The average Bonchev–Trinajstić information content (AvgIpc) is 2.37. The summed E-state index contributed by atoms with van der Waals surface area (Å²) in [4.78, 5) is 0. The molecule has 0 aliphatic carbocycles. The lowest BCUT2D eigenvalue weighted by atomic mass is 10.3. The van der Waals surface area contributed by atoms with E-state index in [0.717, 1.165) is 18.8 Å². The third kappa shape index (κ3) is 2.74. The van der Waals surface area contributed by atoms with Gasteiger partial charge in [0.15, 0.2) is 0 Å². The SMILES string of the molecule is Cc1cc(CNCCN)co1. The minimum atomic E-state index is 0.677. The van der Waals surface area contributed by atoms with Crippen molar-refractivity contribution in [3.8, 4) is 0 Å². The first-order chi connectivity index (χ1) is 5.33. The molecule has 62 valence electrons. The Morgan fingerprint density at radius 1 is 1.64 bits per heavy atom. The predicted octanol–water partition coefficient (Wildman–Crippen LogP) is 0.636. The Labute approximate surface area is 66.6 Å². The van der Waals surface area contributed by atoms with E-state index in [0.29, 0.717) is 6.54 Å². The van der Waals surface area contributed by atoms with Gasteiger partial charge in [0, 0.05) is 25.2 Å². The fourth-order valence-electron chi connectivity index (χ4n) is 0.925. The lowest BCUT2D eigenvalue weighted by molar-refractivity contribution is 0.530. The van der Waals surface area contributed by atoms with E-state index in [2.05, 4.69) is 5.32 Å². The first-order valence-electron chi connectivity index (χ1n) is 3.77. The lowest BCUT2D eigenvalue weighted by Crippen LogP contribution is -2.21. The number of hydrogen-bond acceptors (Lipinski definition) is 3. The van der Waals surface area contributed by atoms with Gasteiger partial charge in [-0.2, -0.15) is 0 Å². The topological polar surface area (TPSA) is 51.2 Å². The van der Waals surface area contributed by atoms with E-state index in [4.69, 9.17) is 10.2 Å². The molecule has 3 nitrogen and oxygen atoms in total. The highest BCUT2D eigenvalue weighted by Gasteiger charge is 1.95. The molecule has 0 spiro atoms. The second-order valence-electron chi connectivity index (χ2n) is 2.53. The maximum Gasteiger partial charge on any atom is 0.101 e. The first-order valence-corrected chi connectivity index (χ1v) is 3.77. The molecule has 3 N–H and O–H groups in total. The normalized spacial score (nSPS) is 10.4. The summed E-state index contributed by atoms with van der Waals surface area (Å²) in [6.07, 6.45) is 1.76. The van der Waals surface area contributed by atoms with Crippen molar-refractivity contribution >= 4 is 0 Å². The summed E-state index contributed by atoms with van der Waals surface area (Å²) in [5.74, 6) is 0.953. The Balaban J connectivity index is 2.27. The number of nitrogens with two attached hydrogens (primary N) is 1. The van der Waals surface area contributed by atoms with Gasteiger partial charge in [0.25, 0.3) is 0 Å². The van der Waals surface area contributed by atoms with Crippen LogP contribution >= 0.6 is 0 Å². The molecule has 0 radical (unpaired) electrons. The molecule has 0 saturated heterocycles. The molecule has 0 saturated carbocycles. The minimum absolute atomic E-state index is 0.677. The fraction of sp³-hybridized carbons (Fsp3) is 0.500. The molecule has 0 aliphatic heterocycles. The van der Waals surface area contributed by atoms with E-state index in [1.165, 1.54) is 5.56 Å². The van der Waals surface area contributed by atoms with Crippen LogP contribution in [0.15, 0.2) is 16.7 Å². The Kier molecular flexibility index (Phi) is 3.14. The van der Waals surface area contributed by atoms with Crippen molar-refractivity contribution in [2.24, 2.45) is 5.73 Å². The molecule has 0 bridgehead atoms. The first kappa shape index (κ1) is 8.30. The maximum atomic E-state index is 5.31. The van der Waals surface area contributed by atoms with Gasteiger partial charge in [0.1, 0.15) is 5.76 Å². The highest BCUT2D eigenvalue weighted by molar-refractivity contribution is 5.10.